The van der Waals surface area contributed by atoms with Crippen LogP contribution in [0.3, 0.4) is 0 Å². The summed E-state index contributed by atoms with van der Waals surface area (Å²) in [6.07, 6.45) is 0. The normalized spacial score (nSPS) is 11.1. The van der Waals surface area contributed by atoms with E-state index in [1.807, 2.05) is 6.92 Å². The third-order valence-corrected chi connectivity index (χ3v) is 6.95. The first-order valence-corrected chi connectivity index (χ1v) is 11.4. The number of halogens is 2. The van der Waals surface area contributed by atoms with Crippen LogP contribution in [0.5, 0.6) is 5.75 Å². The van der Waals surface area contributed by atoms with Crippen molar-refractivity contribution in [1.29, 1.82) is 0 Å². The Labute approximate surface area is 191 Å². The summed E-state index contributed by atoms with van der Waals surface area (Å²) in [5.74, 6) is -0.00191. The molecule has 0 aliphatic carbocycles. The molecule has 0 unspecified atom stereocenters. The van der Waals surface area contributed by atoms with Crippen molar-refractivity contribution in [3.05, 3.63) is 82.3 Å². The molecule has 1 N–H and O–H groups in total. The lowest BCUT2D eigenvalue weighted by atomic mass is 10.2. The molecule has 0 atom stereocenters. The van der Waals surface area contributed by atoms with Crippen molar-refractivity contribution in [2.45, 2.75) is 11.8 Å². The number of anilines is 2. The average molecular weight is 479 g/mol. The highest BCUT2D eigenvalue weighted by molar-refractivity contribution is 7.92. The van der Waals surface area contributed by atoms with Crippen molar-refractivity contribution in [3.8, 4) is 5.75 Å². The van der Waals surface area contributed by atoms with Crippen LogP contribution in [-0.4, -0.2) is 28.0 Å². The molecule has 0 radical (unpaired) electrons. The molecular weight excluding hydrogens is 459 g/mol. The first-order valence-electron chi connectivity index (χ1n) is 9.19. The Morgan fingerprint density at radius 3 is 2.23 bits per heavy atom. The Morgan fingerprint density at radius 1 is 1.00 bits per heavy atom. The van der Waals surface area contributed by atoms with E-state index >= 15 is 0 Å². The highest BCUT2D eigenvalue weighted by Crippen LogP contribution is 2.27. The fraction of sp³-hybridized carbons (Fsp3) is 0.136. The first kappa shape index (κ1) is 22.9. The van der Waals surface area contributed by atoms with E-state index in [2.05, 4.69) is 5.32 Å². The van der Waals surface area contributed by atoms with Gasteiger partial charge in [-0.05, 0) is 73.2 Å². The van der Waals surface area contributed by atoms with E-state index in [0.717, 1.165) is 9.87 Å². The summed E-state index contributed by atoms with van der Waals surface area (Å²) in [5.41, 5.74) is 1.64. The Bertz CT molecular complexity index is 1180. The minimum Gasteiger partial charge on any atom is -0.497 e. The summed E-state index contributed by atoms with van der Waals surface area (Å²) in [7, 11) is -2.56. The van der Waals surface area contributed by atoms with Crippen LogP contribution < -0.4 is 14.4 Å². The number of nitrogens with zero attached hydrogens (tertiary/aromatic N) is 1. The van der Waals surface area contributed by atoms with E-state index < -0.39 is 22.5 Å². The molecule has 0 bridgehead atoms. The van der Waals surface area contributed by atoms with E-state index in [0.29, 0.717) is 27.2 Å². The Kier molecular flexibility index (Phi) is 7.10. The highest BCUT2D eigenvalue weighted by Gasteiger charge is 2.27. The molecule has 0 aliphatic rings. The monoisotopic (exact) mass is 478 g/mol. The molecule has 3 rings (SSSR count). The zero-order valence-electron chi connectivity index (χ0n) is 16.8. The lowest BCUT2D eigenvalue weighted by molar-refractivity contribution is -0.114. The van der Waals surface area contributed by atoms with Crippen LogP contribution in [0.2, 0.25) is 10.0 Å². The molecule has 0 aromatic heterocycles. The maximum atomic E-state index is 13.4. The molecule has 6 nitrogen and oxygen atoms in total. The molecule has 3 aromatic rings. The number of amides is 1. The minimum absolute atomic E-state index is 0.0226. The van der Waals surface area contributed by atoms with Gasteiger partial charge in [-0.1, -0.05) is 29.3 Å². The van der Waals surface area contributed by atoms with E-state index in [9.17, 15) is 13.2 Å². The summed E-state index contributed by atoms with van der Waals surface area (Å²) in [6.45, 7) is 1.40. The lowest BCUT2D eigenvalue weighted by Crippen LogP contribution is -2.38. The van der Waals surface area contributed by atoms with Crippen molar-refractivity contribution < 1.29 is 17.9 Å². The first-order chi connectivity index (χ1) is 14.7. The molecule has 3 aromatic carbocycles. The second-order valence-corrected chi connectivity index (χ2v) is 9.38. The summed E-state index contributed by atoms with van der Waals surface area (Å²) < 4.78 is 32.8. The van der Waals surface area contributed by atoms with Gasteiger partial charge in [0.25, 0.3) is 10.0 Å². The molecule has 31 heavy (non-hydrogen) atoms. The van der Waals surface area contributed by atoms with Crippen LogP contribution in [0.25, 0.3) is 0 Å². The van der Waals surface area contributed by atoms with E-state index in [1.165, 1.54) is 19.2 Å². The molecule has 9 heteroatoms. The fourth-order valence-corrected chi connectivity index (χ4v) is 4.53. The number of hydrogen-bond donors (Lipinski definition) is 1. The van der Waals surface area contributed by atoms with Crippen LogP contribution in [0.15, 0.2) is 71.6 Å². The number of methoxy groups -OCH3 is 1. The Hall–Kier alpha value is -2.74. The van der Waals surface area contributed by atoms with Gasteiger partial charge >= 0.3 is 0 Å². The topological polar surface area (TPSA) is 75.7 Å². The summed E-state index contributed by atoms with van der Waals surface area (Å²) >= 11 is 12.1. The van der Waals surface area contributed by atoms with Gasteiger partial charge in [0.15, 0.2) is 0 Å². The van der Waals surface area contributed by atoms with Gasteiger partial charge in [0.05, 0.1) is 17.7 Å². The van der Waals surface area contributed by atoms with Gasteiger partial charge in [-0.15, -0.1) is 0 Å². The van der Waals surface area contributed by atoms with Gasteiger partial charge in [0.2, 0.25) is 5.91 Å². The number of carbonyl (C=O) groups excluding carboxylic acids is 1. The molecule has 162 valence electrons. The Balaban J connectivity index is 1.92. The maximum Gasteiger partial charge on any atom is 0.264 e. The second-order valence-electron chi connectivity index (χ2n) is 6.68. The zero-order chi connectivity index (χ0) is 22.6. The van der Waals surface area contributed by atoms with Gasteiger partial charge in [0, 0.05) is 15.7 Å². The third kappa shape index (κ3) is 5.50. The number of hydrogen-bond acceptors (Lipinski definition) is 4. The zero-order valence-corrected chi connectivity index (χ0v) is 19.1. The largest absolute Gasteiger partial charge is 0.497 e. The van der Waals surface area contributed by atoms with E-state index in [1.54, 1.807) is 54.6 Å². The number of carbonyl (C=O) groups is 1. The number of aryl methyl sites for hydroxylation is 1. The predicted molar refractivity (Wildman–Crippen MR) is 124 cm³/mol. The molecule has 0 aliphatic heterocycles. The van der Waals surface area contributed by atoms with Crippen molar-refractivity contribution in [2.75, 3.05) is 23.3 Å². The molecule has 1 amide bonds. The van der Waals surface area contributed by atoms with Crippen LogP contribution in [0.1, 0.15) is 5.56 Å². The predicted octanol–water partition coefficient (Wildman–Crippen LogP) is 5.14. The van der Waals surface area contributed by atoms with Gasteiger partial charge in [0.1, 0.15) is 12.3 Å². The smallest absolute Gasteiger partial charge is 0.264 e. The Morgan fingerprint density at radius 2 is 1.65 bits per heavy atom. The van der Waals surface area contributed by atoms with Crippen LogP contribution >= 0.6 is 23.2 Å². The molecular formula is C22H20Cl2N2O4S. The van der Waals surface area contributed by atoms with E-state index in [4.69, 9.17) is 27.9 Å². The van der Waals surface area contributed by atoms with Crippen molar-refractivity contribution in [2.24, 2.45) is 0 Å². The quantitative estimate of drug-likeness (QED) is 0.509. The van der Waals surface area contributed by atoms with Gasteiger partial charge in [-0.3, -0.25) is 9.10 Å². The number of nitrogens with one attached hydrogen (secondary N) is 1. The SMILES string of the molecule is COc1ccc(S(=O)(=O)N(CC(=O)Nc2ccc(C)c(Cl)c2)c2ccc(Cl)cc2)cc1. The molecule has 0 fully saturated rings. The average Bonchev–Trinajstić information content (AvgIpc) is 2.75. The van der Waals surface area contributed by atoms with Crippen molar-refractivity contribution in [1.82, 2.24) is 0 Å². The van der Waals surface area contributed by atoms with Gasteiger partial charge in [-0.2, -0.15) is 0 Å². The molecule has 0 saturated heterocycles. The highest BCUT2D eigenvalue weighted by atomic mass is 35.5. The summed E-state index contributed by atoms with van der Waals surface area (Å²) in [4.78, 5) is 12.8. The van der Waals surface area contributed by atoms with Crippen molar-refractivity contribution in [3.63, 3.8) is 0 Å². The third-order valence-electron chi connectivity index (χ3n) is 4.50. The van der Waals surface area contributed by atoms with Crippen molar-refractivity contribution >= 4 is 50.5 Å². The number of benzene rings is 3. The summed E-state index contributed by atoms with van der Waals surface area (Å²) in [6, 6.07) is 17.2. The number of sulfonamides is 1. The number of rotatable bonds is 7. The van der Waals surface area contributed by atoms with Gasteiger partial charge in [-0.25, -0.2) is 8.42 Å². The van der Waals surface area contributed by atoms with Gasteiger partial charge < -0.3 is 10.1 Å². The van der Waals surface area contributed by atoms with Crippen LogP contribution in [0, 0.1) is 6.92 Å². The van der Waals surface area contributed by atoms with Crippen LogP contribution in [0.4, 0.5) is 11.4 Å². The lowest BCUT2D eigenvalue weighted by Gasteiger charge is -2.24. The van der Waals surface area contributed by atoms with Crippen LogP contribution in [-0.2, 0) is 14.8 Å². The molecule has 0 heterocycles. The van der Waals surface area contributed by atoms with E-state index in [-0.39, 0.29) is 4.90 Å². The summed E-state index contributed by atoms with van der Waals surface area (Å²) in [5, 5.41) is 3.63. The maximum absolute atomic E-state index is 13.4. The molecule has 0 saturated carbocycles. The second kappa shape index (κ2) is 9.60. The minimum atomic E-state index is -4.05. The fourth-order valence-electron chi connectivity index (χ4n) is 2.80. The standard InChI is InChI=1S/C22H20Cl2N2O4S/c1-15-3-6-17(13-21(15)24)25-22(27)14-26(18-7-4-16(23)5-8-18)31(28,29)20-11-9-19(30-2)10-12-20/h3-13H,14H2,1-2H3,(H,25,27). The molecule has 0 spiro atoms. The number of ether oxygens (including phenoxy) is 1.